The third-order valence-corrected chi connectivity index (χ3v) is 6.23. The molecule has 0 bridgehead atoms. The second-order valence-corrected chi connectivity index (χ2v) is 8.29. The van der Waals surface area contributed by atoms with E-state index in [0.29, 0.717) is 5.56 Å². The minimum absolute atomic E-state index is 0.252. The summed E-state index contributed by atoms with van der Waals surface area (Å²) in [6, 6.07) is 19.9. The summed E-state index contributed by atoms with van der Waals surface area (Å²) < 4.78 is 5.31. The van der Waals surface area contributed by atoms with Gasteiger partial charge in [-0.2, -0.15) is 0 Å². The highest BCUT2D eigenvalue weighted by molar-refractivity contribution is 6.03. The van der Waals surface area contributed by atoms with Gasteiger partial charge >= 0.3 is 0 Å². The molecular weight excluding hydrogens is 410 g/mol. The summed E-state index contributed by atoms with van der Waals surface area (Å²) in [4.78, 5) is 13.7. The van der Waals surface area contributed by atoms with Crippen molar-refractivity contribution < 1.29 is 9.53 Å². The molecular formula is C28H35N3O2. The normalized spacial score (nSPS) is 16.0. The largest absolute Gasteiger partial charge is 0.497 e. The Morgan fingerprint density at radius 3 is 2.39 bits per heavy atom. The van der Waals surface area contributed by atoms with Crippen LogP contribution in [0.2, 0.25) is 0 Å². The van der Waals surface area contributed by atoms with E-state index in [0.717, 1.165) is 66.7 Å². The van der Waals surface area contributed by atoms with Crippen LogP contribution in [-0.4, -0.2) is 43.3 Å². The molecule has 3 aromatic rings. The van der Waals surface area contributed by atoms with Crippen molar-refractivity contribution in [1.29, 1.82) is 5.41 Å². The maximum atomic E-state index is 11.2. The lowest BCUT2D eigenvalue weighted by atomic mass is 9.88. The predicted molar refractivity (Wildman–Crippen MR) is 137 cm³/mol. The Bertz CT molecular complexity index is 1090. The van der Waals surface area contributed by atoms with E-state index in [-0.39, 0.29) is 5.92 Å². The fraction of sp³-hybridized carbons (Fsp3) is 0.357. The number of nitrogens with one attached hydrogen (secondary N) is 1. The van der Waals surface area contributed by atoms with Gasteiger partial charge in [0, 0.05) is 30.3 Å². The first-order valence-corrected chi connectivity index (χ1v) is 11.8. The topological polar surface area (TPSA) is 79.4 Å². The van der Waals surface area contributed by atoms with Gasteiger partial charge in [-0.3, -0.25) is 4.79 Å². The summed E-state index contributed by atoms with van der Waals surface area (Å²) >= 11 is 0. The Hall–Kier alpha value is -3.18. The van der Waals surface area contributed by atoms with Crippen LogP contribution in [0.15, 0.2) is 60.7 Å². The first-order chi connectivity index (χ1) is 16.0. The van der Waals surface area contributed by atoms with Gasteiger partial charge in [-0.05, 0) is 78.0 Å². The van der Waals surface area contributed by atoms with E-state index < -0.39 is 5.91 Å². The lowest BCUT2D eigenvalue weighted by molar-refractivity contribution is 0.100. The highest BCUT2D eigenvalue weighted by atomic mass is 16.5. The number of fused-ring (bicyclic) bond motifs is 1. The van der Waals surface area contributed by atoms with E-state index in [1.54, 1.807) is 19.2 Å². The van der Waals surface area contributed by atoms with E-state index in [1.165, 1.54) is 5.56 Å². The summed E-state index contributed by atoms with van der Waals surface area (Å²) in [5, 5.41) is 11.1. The number of likely N-dealkylation sites (tertiary alicyclic amines) is 1. The van der Waals surface area contributed by atoms with Gasteiger partial charge in [0.25, 0.3) is 0 Å². The van der Waals surface area contributed by atoms with E-state index in [2.05, 4.69) is 29.2 Å². The van der Waals surface area contributed by atoms with Crippen molar-refractivity contribution in [3.63, 3.8) is 0 Å². The Morgan fingerprint density at radius 1 is 1.03 bits per heavy atom. The number of hydrogen-bond acceptors (Lipinski definition) is 4. The van der Waals surface area contributed by atoms with Gasteiger partial charge in [0.15, 0.2) is 0 Å². The number of carbonyl (C=O) groups is 1. The number of hydrogen-bond donors (Lipinski definition) is 2. The molecule has 174 valence electrons. The monoisotopic (exact) mass is 445 g/mol. The maximum absolute atomic E-state index is 11.2. The van der Waals surface area contributed by atoms with Crippen LogP contribution in [0.1, 0.15) is 48.2 Å². The molecule has 0 spiro atoms. The lowest BCUT2D eigenvalue weighted by Crippen LogP contribution is -2.39. The molecule has 4 rings (SSSR count). The Labute approximate surface area is 197 Å². The molecule has 1 aliphatic heterocycles. The fourth-order valence-electron chi connectivity index (χ4n) is 4.37. The first-order valence-electron chi connectivity index (χ1n) is 11.8. The van der Waals surface area contributed by atoms with Crippen LogP contribution >= 0.6 is 0 Å². The zero-order chi connectivity index (χ0) is 23.8. The van der Waals surface area contributed by atoms with Crippen molar-refractivity contribution >= 4 is 22.4 Å². The van der Waals surface area contributed by atoms with Crippen molar-refractivity contribution in [3.8, 4) is 5.75 Å². The molecule has 0 saturated carbocycles. The van der Waals surface area contributed by atoms with Gasteiger partial charge in [0.05, 0.1) is 7.11 Å². The van der Waals surface area contributed by atoms with Crippen LogP contribution in [0.25, 0.3) is 10.8 Å². The molecule has 1 unspecified atom stereocenters. The summed E-state index contributed by atoms with van der Waals surface area (Å²) in [5.41, 5.74) is 8.80. The van der Waals surface area contributed by atoms with Crippen molar-refractivity contribution in [3.05, 3.63) is 77.4 Å². The molecule has 1 fully saturated rings. The van der Waals surface area contributed by atoms with Crippen molar-refractivity contribution in [2.45, 2.75) is 33.1 Å². The molecule has 1 amide bonds. The minimum Gasteiger partial charge on any atom is -0.497 e. The molecule has 3 aromatic carbocycles. The molecule has 0 radical (unpaired) electrons. The smallest absolute Gasteiger partial charge is 0.248 e. The van der Waals surface area contributed by atoms with Crippen molar-refractivity contribution in [2.24, 2.45) is 11.7 Å². The third-order valence-electron chi connectivity index (χ3n) is 6.23. The minimum atomic E-state index is -0.392. The van der Waals surface area contributed by atoms with Gasteiger partial charge < -0.3 is 20.8 Å². The van der Waals surface area contributed by atoms with Crippen molar-refractivity contribution in [1.82, 2.24) is 4.90 Å². The van der Waals surface area contributed by atoms with E-state index in [9.17, 15) is 4.79 Å². The number of primary amides is 1. The van der Waals surface area contributed by atoms with Gasteiger partial charge in [-0.15, -0.1) is 0 Å². The van der Waals surface area contributed by atoms with E-state index in [4.69, 9.17) is 15.9 Å². The molecule has 1 heterocycles. The number of carbonyl (C=O) groups excluding carboxylic acids is 1. The average molecular weight is 446 g/mol. The quantitative estimate of drug-likeness (QED) is 0.485. The lowest BCUT2D eigenvalue weighted by Gasteiger charge is -2.33. The average Bonchev–Trinajstić information content (AvgIpc) is 2.88. The molecule has 33 heavy (non-hydrogen) atoms. The number of nitrogens with two attached hydrogens (primary N) is 1. The molecule has 0 aliphatic carbocycles. The van der Waals surface area contributed by atoms with E-state index in [1.807, 2.05) is 38.1 Å². The summed E-state index contributed by atoms with van der Waals surface area (Å²) in [5.74, 6) is 0.709. The van der Waals surface area contributed by atoms with Crippen LogP contribution < -0.4 is 10.5 Å². The Balaban J connectivity index is 0.00000149. The second kappa shape index (κ2) is 11.6. The summed E-state index contributed by atoms with van der Waals surface area (Å²) in [6.07, 6.45) is 3.10. The predicted octanol–water partition coefficient (Wildman–Crippen LogP) is 5.30. The van der Waals surface area contributed by atoms with Crippen LogP contribution in [-0.2, 0) is 6.42 Å². The standard InChI is InChI=1S/C26H29N3O2.C2H6/c1-31-24-11-10-20-15-22(9-8-21(20)16-24)25(27)23-3-2-13-29(17-23)14-12-18-4-6-19(7-5-18)26(28)30;1-2/h4-11,15-16,23,27H,2-3,12-14,17H2,1H3,(H2,28,30);1-2H3. The highest BCUT2D eigenvalue weighted by Crippen LogP contribution is 2.26. The number of piperidine rings is 1. The Morgan fingerprint density at radius 2 is 1.70 bits per heavy atom. The number of rotatable bonds is 7. The van der Waals surface area contributed by atoms with Crippen LogP contribution in [0.3, 0.4) is 0 Å². The molecule has 0 aromatic heterocycles. The molecule has 3 N–H and O–H groups in total. The second-order valence-electron chi connectivity index (χ2n) is 8.29. The number of benzene rings is 3. The fourth-order valence-corrected chi connectivity index (χ4v) is 4.37. The molecule has 5 heteroatoms. The van der Waals surface area contributed by atoms with Gasteiger partial charge in [-0.1, -0.05) is 44.2 Å². The number of amides is 1. The number of methoxy groups -OCH3 is 1. The SMILES string of the molecule is CC.COc1ccc2cc(C(=N)C3CCCN(CCc4ccc(C(N)=O)cc4)C3)ccc2c1. The van der Waals surface area contributed by atoms with Gasteiger partial charge in [0.2, 0.25) is 5.91 Å². The first kappa shape index (κ1) is 24.5. The van der Waals surface area contributed by atoms with Gasteiger partial charge in [-0.25, -0.2) is 0 Å². The molecule has 5 nitrogen and oxygen atoms in total. The summed E-state index contributed by atoms with van der Waals surface area (Å²) in [6.45, 7) is 6.94. The van der Waals surface area contributed by atoms with Crippen LogP contribution in [0, 0.1) is 11.3 Å². The van der Waals surface area contributed by atoms with E-state index >= 15 is 0 Å². The Kier molecular flexibility index (Phi) is 8.61. The molecule has 1 atom stereocenters. The maximum Gasteiger partial charge on any atom is 0.248 e. The van der Waals surface area contributed by atoms with Crippen LogP contribution in [0.4, 0.5) is 0 Å². The van der Waals surface area contributed by atoms with Gasteiger partial charge in [0.1, 0.15) is 5.75 Å². The molecule has 1 aliphatic rings. The van der Waals surface area contributed by atoms with Crippen molar-refractivity contribution in [2.75, 3.05) is 26.7 Å². The summed E-state index contributed by atoms with van der Waals surface area (Å²) in [7, 11) is 1.68. The zero-order valence-corrected chi connectivity index (χ0v) is 19.9. The highest BCUT2D eigenvalue weighted by Gasteiger charge is 2.24. The zero-order valence-electron chi connectivity index (χ0n) is 19.9. The number of ether oxygens (including phenoxy) is 1. The third kappa shape index (κ3) is 6.20. The van der Waals surface area contributed by atoms with Crippen LogP contribution in [0.5, 0.6) is 5.75 Å². The number of nitrogens with zero attached hydrogens (tertiary/aromatic N) is 1. The molecule has 1 saturated heterocycles.